The van der Waals surface area contributed by atoms with Gasteiger partial charge in [0.1, 0.15) is 5.82 Å². The minimum absolute atomic E-state index is 0.124. The fraction of sp³-hybridized carbons (Fsp3) is 0.250. The Morgan fingerprint density at radius 3 is 2.76 bits per heavy atom. The Hall–Kier alpha value is -1.20. The van der Waals surface area contributed by atoms with E-state index in [-0.39, 0.29) is 11.9 Å². The SMILES string of the molecule is CNC(c1ccn(C)n1)c1cccc(F)c1Br. The first-order chi connectivity index (χ1) is 8.13. The summed E-state index contributed by atoms with van der Waals surface area (Å²) in [4.78, 5) is 0. The predicted molar refractivity (Wildman–Crippen MR) is 68.2 cm³/mol. The van der Waals surface area contributed by atoms with E-state index in [1.54, 1.807) is 10.7 Å². The molecule has 0 saturated carbocycles. The van der Waals surface area contributed by atoms with Crippen molar-refractivity contribution in [2.24, 2.45) is 7.05 Å². The zero-order valence-corrected chi connectivity index (χ0v) is 11.2. The molecule has 0 spiro atoms. The number of benzene rings is 1. The van der Waals surface area contributed by atoms with Crippen LogP contribution in [0.4, 0.5) is 4.39 Å². The Morgan fingerprint density at radius 1 is 1.41 bits per heavy atom. The Morgan fingerprint density at radius 2 is 2.18 bits per heavy atom. The molecule has 0 radical (unpaired) electrons. The molecule has 0 aliphatic rings. The second kappa shape index (κ2) is 4.98. The van der Waals surface area contributed by atoms with Gasteiger partial charge < -0.3 is 5.32 Å². The second-order valence-corrected chi connectivity index (χ2v) is 4.57. The number of hydrogen-bond acceptors (Lipinski definition) is 2. The van der Waals surface area contributed by atoms with Crippen LogP contribution in [0.5, 0.6) is 0 Å². The first-order valence-corrected chi connectivity index (χ1v) is 6.03. The van der Waals surface area contributed by atoms with E-state index in [0.29, 0.717) is 4.47 Å². The number of halogens is 2. The van der Waals surface area contributed by atoms with Gasteiger partial charge in [0.05, 0.1) is 16.2 Å². The molecule has 0 aliphatic heterocycles. The normalized spacial score (nSPS) is 12.7. The number of rotatable bonds is 3. The van der Waals surface area contributed by atoms with Crippen LogP contribution < -0.4 is 5.32 Å². The molecule has 1 N–H and O–H groups in total. The van der Waals surface area contributed by atoms with Crippen molar-refractivity contribution in [3.8, 4) is 0 Å². The lowest BCUT2D eigenvalue weighted by Crippen LogP contribution is -2.19. The Bertz CT molecular complexity index is 524. The van der Waals surface area contributed by atoms with Gasteiger partial charge in [-0.2, -0.15) is 5.10 Å². The van der Waals surface area contributed by atoms with E-state index in [1.807, 2.05) is 32.4 Å². The molecule has 1 unspecified atom stereocenters. The fourth-order valence-electron chi connectivity index (χ4n) is 1.79. The largest absolute Gasteiger partial charge is 0.308 e. The molecule has 0 saturated heterocycles. The van der Waals surface area contributed by atoms with E-state index >= 15 is 0 Å². The van der Waals surface area contributed by atoms with Crippen LogP contribution in [0.15, 0.2) is 34.9 Å². The van der Waals surface area contributed by atoms with Gasteiger partial charge in [0.15, 0.2) is 0 Å². The standard InChI is InChI=1S/C12H13BrFN3/c1-15-12(10-6-7-17(2)16-10)8-4-3-5-9(14)11(8)13/h3-7,12,15H,1-2H3. The van der Waals surface area contributed by atoms with E-state index in [2.05, 4.69) is 26.3 Å². The highest BCUT2D eigenvalue weighted by Gasteiger charge is 2.18. The third-order valence-corrected chi connectivity index (χ3v) is 3.45. The van der Waals surface area contributed by atoms with Crippen LogP contribution in [0.2, 0.25) is 0 Å². The number of aryl methyl sites for hydroxylation is 1. The number of aromatic nitrogens is 2. The van der Waals surface area contributed by atoms with Crippen LogP contribution in [0, 0.1) is 5.82 Å². The summed E-state index contributed by atoms with van der Waals surface area (Å²) in [6, 6.07) is 6.80. The van der Waals surface area contributed by atoms with Crippen LogP contribution in [0.1, 0.15) is 17.3 Å². The van der Waals surface area contributed by atoms with Crippen molar-refractivity contribution in [1.29, 1.82) is 0 Å². The van der Waals surface area contributed by atoms with Crippen molar-refractivity contribution in [1.82, 2.24) is 15.1 Å². The van der Waals surface area contributed by atoms with Gasteiger partial charge in [0.2, 0.25) is 0 Å². The highest BCUT2D eigenvalue weighted by molar-refractivity contribution is 9.10. The zero-order valence-electron chi connectivity index (χ0n) is 9.61. The number of hydrogen-bond donors (Lipinski definition) is 1. The Balaban J connectivity index is 2.45. The molecule has 0 fully saturated rings. The number of nitrogens with zero attached hydrogens (tertiary/aromatic N) is 2. The molecular formula is C12H13BrFN3. The van der Waals surface area contributed by atoms with Crippen LogP contribution >= 0.6 is 15.9 Å². The Labute approximate surface area is 108 Å². The molecule has 1 aromatic heterocycles. The van der Waals surface area contributed by atoms with E-state index in [1.165, 1.54) is 6.07 Å². The Kier molecular flexibility index (Phi) is 3.59. The molecule has 2 aromatic rings. The first kappa shape index (κ1) is 12.3. The minimum atomic E-state index is -0.265. The summed E-state index contributed by atoms with van der Waals surface area (Å²) in [5.74, 6) is -0.265. The van der Waals surface area contributed by atoms with Crippen LogP contribution in [-0.2, 0) is 7.05 Å². The number of nitrogens with one attached hydrogen (secondary N) is 1. The molecule has 17 heavy (non-hydrogen) atoms. The first-order valence-electron chi connectivity index (χ1n) is 5.24. The monoisotopic (exact) mass is 297 g/mol. The maximum atomic E-state index is 13.5. The van der Waals surface area contributed by atoms with Crippen molar-refractivity contribution in [2.45, 2.75) is 6.04 Å². The van der Waals surface area contributed by atoms with Gasteiger partial charge in [0.25, 0.3) is 0 Å². The van der Waals surface area contributed by atoms with Gasteiger partial charge in [-0.3, -0.25) is 4.68 Å². The quantitative estimate of drug-likeness (QED) is 0.944. The van der Waals surface area contributed by atoms with E-state index in [0.717, 1.165) is 11.3 Å². The molecule has 0 amide bonds. The van der Waals surface area contributed by atoms with Crippen molar-refractivity contribution < 1.29 is 4.39 Å². The maximum absolute atomic E-state index is 13.5. The average Bonchev–Trinajstić information content (AvgIpc) is 2.72. The lowest BCUT2D eigenvalue weighted by atomic mass is 10.0. The highest BCUT2D eigenvalue weighted by Crippen LogP contribution is 2.29. The highest BCUT2D eigenvalue weighted by atomic mass is 79.9. The van der Waals surface area contributed by atoms with Crippen molar-refractivity contribution >= 4 is 15.9 Å². The molecule has 90 valence electrons. The second-order valence-electron chi connectivity index (χ2n) is 3.78. The molecule has 5 heteroatoms. The average molecular weight is 298 g/mol. The third kappa shape index (κ3) is 2.40. The molecule has 3 nitrogen and oxygen atoms in total. The molecule has 1 atom stereocenters. The summed E-state index contributed by atoms with van der Waals surface area (Å²) in [6.45, 7) is 0. The molecule has 2 rings (SSSR count). The maximum Gasteiger partial charge on any atom is 0.137 e. The summed E-state index contributed by atoms with van der Waals surface area (Å²) in [7, 11) is 3.69. The molecule has 1 aromatic carbocycles. The van der Waals surface area contributed by atoms with Gasteiger partial charge in [-0.25, -0.2) is 4.39 Å². The summed E-state index contributed by atoms with van der Waals surface area (Å²) < 4.78 is 15.7. The van der Waals surface area contributed by atoms with Crippen molar-refractivity contribution in [3.63, 3.8) is 0 Å². The minimum Gasteiger partial charge on any atom is -0.308 e. The summed E-state index contributed by atoms with van der Waals surface area (Å²) in [5, 5.41) is 7.48. The fourth-order valence-corrected chi connectivity index (χ4v) is 2.29. The smallest absolute Gasteiger partial charge is 0.137 e. The van der Waals surface area contributed by atoms with Gasteiger partial charge in [-0.1, -0.05) is 12.1 Å². The topological polar surface area (TPSA) is 29.9 Å². The summed E-state index contributed by atoms with van der Waals surface area (Å²) >= 11 is 3.28. The summed E-state index contributed by atoms with van der Waals surface area (Å²) in [5.41, 5.74) is 1.70. The van der Waals surface area contributed by atoms with Crippen LogP contribution in [0.3, 0.4) is 0 Å². The molecule has 0 bridgehead atoms. The lowest BCUT2D eigenvalue weighted by molar-refractivity contribution is 0.600. The van der Waals surface area contributed by atoms with Crippen LogP contribution in [0.25, 0.3) is 0 Å². The van der Waals surface area contributed by atoms with E-state index in [4.69, 9.17) is 0 Å². The zero-order chi connectivity index (χ0) is 12.4. The van der Waals surface area contributed by atoms with E-state index in [9.17, 15) is 4.39 Å². The van der Waals surface area contributed by atoms with Gasteiger partial charge in [-0.05, 0) is 40.7 Å². The summed E-state index contributed by atoms with van der Waals surface area (Å²) in [6.07, 6.45) is 1.87. The third-order valence-electron chi connectivity index (χ3n) is 2.61. The molecular weight excluding hydrogens is 285 g/mol. The van der Waals surface area contributed by atoms with Crippen LogP contribution in [-0.4, -0.2) is 16.8 Å². The van der Waals surface area contributed by atoms with Crippen molar-refractivity contribution in [2.75, 3.05) is 7.05 Å². The van der Waals surface area contributed by atoms with Crippen molar-refractivity contribution in [3.05, 3.63) is 52.0 Å². The molecule has 0 aliphatic carbocycles. The molecule has 1 heterocycles. The van der Waals surface area contributed by atoms with Gasteiger partial charge >= 0.3 is 0 Å². The van der Waals surface area contributed by atoms with Gasteiger partial charge in [-0.15, -0.1) is 0 Å². The van der Waals surface area contributed by atoms with E-state index < -0.39 is 0 Å². The van der Waals surface area contributed by atoms with Gasteiger partial charge in [0, 0.05) is 13.2 Å². The lowest BCUT2D eigenvalue weighted by Gasteiger charge is -2.16. The predicted octanol–water partition coefficient (Wildman–Crippen LogP) is 2.63.